The summed E-state index contributed by atoms with van der Waals surface area (Å²) in [5.41, 5.74) is 3.38. The number of rotatable bonds is 9. The van der Waals surface area contributed by atoms with Gasteiger partial charge < -0.3 is 10.2 Å². The van der Waals surface area contributed by atoms with Crippen molar-refractivity contribution in [3.63, 3.8) is 0 Å². The highest BCUT2D eigenvalue weighted by atomic mass is 32.2. The van der Waals surface area contributed by atoms with E-state index in [-0.39, 0.29) is 17.3 Å². The van der Waals surface area contributed by atoms with Gasteiger partial charge in [0, 0.05) is 25.8 Å². The van der Waals surface area contributed by atoms with Crippen molar-refractivity contribution in [2.75, 3.05) is 35.9 Å². The predicted octanol–water partition coefficient (Wildman–Crippen LogP) is 3.75. The molecule has 3 aromatic rings. The lowest BCUT2D eigenvalue weighted by Gasteiger charge is -2.25. The lowest BCUT2D eigenvalue weighted by Crippen LogP contribution is -2.42. The summed E-state index contributed by atoms with van der Waals surface area (Å²) in [6, 6.07) is 23.6. The van der Waals surface area contributed by atoms with Gasteiger partial charge in [-0.2, -0.15) is 0 Å². The first-order chi connectivity index (χ1) is 15.3. The monoisotopic (exact) mass is 451 g/mol. The van der Waals surface area contributed by atoms with Crippen LogP contribution >= 0.6 is 0 Å². The molecule has 6 nitrogen and oxygen atoms in total. The zero-order valence-electron chi connectivity index (χ0n) is 18.7. The fourth-order valence-electron chi connectivity index (χ4n) is 3.30. The molecule has 7 heteroatoms. The number of para-hydroxylation sites is 1. The Morgan fingerprint density at radius 1 is 0.844 bits per heavy atom. The quantitative estimate of drug-likeness (QED) is 0.538. The van der Waals surface area contributed by atoms with Gasteiger partial charge in [0.1, 0.15) is 6.54 Å². The molecule has 0 saturated heterocycles. The van der Waals surface area contributed by atoms with Crippen molar-refractivity contribution in [3.05, 3.63) is 90.0 Å². The lowest BCUT2D eigenvalue weighted by atomic mass is 10.2. The summed E-state index contributed by atoms with van der Waals surface area (Å²) in [7, 11) is -1.96. The van der Waals surface area contributed by atoms with Gasteiger partial charge in [0.15, 0.2) is 0 Å². The summed E-state index contributed by atoms with van der Waals surface area (Å²) in [4.78, 5) is 14.9. The molecule has 0 aliphatic rings. The number of hydrogen-bond acceptors (Lipinski definition) is 4. The summed E-state index contributed by atoms with van der Waals surface area (Å²) < 4.78 is 28.0. The number of amides is 1. The summed E-state index contributed by atoms with van der Waals surface area (Å²) >= 11 is 0. The first kappa shape index (κ1) is 23.3. The van der Waals surface area contributed by atoms with Crippen LogP contribution in [0, 0.1) is 13.8 Å². The largest absolute Gasteiger partial charge is 0.373 e. The number of sulfonamides is 1. The maximum atomic E-state index is 13.4. The number of hydrogen-bond donors (Lipinski definition) is 1. The highest BCUT2D eigenvalue weighted by Gasteiger charge is 2.27. The Labute approximate surface area is 190 Å². The average molecular weight is 452 g/mol. The average Bonchev–Trinajstić information content (AvgIpc) is 2.78. The molecule has 0 aromatic heterocycles. The molecule has 0 spiro atoms. The van der Waals surface area contributed by atoms with Crippen LogP contribution in [0.2, 0.25) is 0 Å². The molecule has 1 N–H and O–H groups in total. The molecule has 0 aliphatic carbocycles. The summed E-state index contributed by atoms with van der Waals surface area (Å²) in [6.45, 7) is 4.49. The Balaban J connectivity index is 1.74. The summed E-state index contributed by atoms with van der Waals surface area (Å²) in [5.74, 6) is -0.358. The molecule has 0 heterocycles. The van der Waals surface area contributed by atoms with Crippen LogP contribution in [0.4, 0.5) is 11.4 Å². The predicted molar refractivity (Wildman–Crippen MR) is 130 cm³/mol. The third-order valence-electron chi connectivity index (χ3n) is 5.15. The van der Waals surface area contributed by atoms with Crippen molar-refractivity contribution in [2.24, 2.45) is 0 Å². The molecule has 1 amide bonds. The van der Waals surface area contributed by atoms with E-state index in [4.69, 9.17) is 0 Å². The van der Waals surface area contributed by atoms with Gasteiger partial charge in [-0.05, 0) is 55.8 Å². The van der Waals surface area contributed by atoms with Crippen molar-refractivity contribution in [3.8, 4) is 0 Å². The molecule has 0 bridgehead atoms. The molecular weight excluding hydrogens is 422 g/mol. The number of aryl methyl sites for hydroxylation is 2. The molecular formula is C25H29N3O3S. The van der Waals surface area contributed by atoms with E-state index in [0.29, 0.717) is 18.8 Å². The molecule has 3 aromatic carbocycles. The van der Waals surface area contributed by atoms with Gasteiger partial charge in [0.25, 0.3) is 10.0 Å². The van der Waals surface area contributed by atoms with Crippen molar-refractivity contribution in [2.45, 2.75) is 18.7 Å². The van der Waals surface area contributed by atoms with E-state index in [0.717, 1.165) is 16.8 Å². The van der Waals surface area contributed by atoms with E-state index in [2.05, 4.69) is 5.32 Å². The SMILES string of the molecule is Cc1ccc(S(=O)(=O)N(CC(=O)NCCN(C)c2ccccc2)c2cccc(C)c2)cc1. The Hall–Kier alpha value is -3.32. The van der Waals surface area contributed by atoms with Crippen LogP contribution in [0.15, 0.2) is 83.8 Å². The first-order valence-corrected chi connectivity index (χ1v) is 11.9. The lowest BCUT2D eigenvalue weighted by molar-refractivity contribution is -0.119. The van der Waals surface area contributed by atoms with Crippen molar-refractivity contribution in [1.82, 2.24) is 5.32 Å². The van der Waals surface area contributed by atoms with E-state index < -0.39 is 10.0 Å². The Kier molecular flexibility index (Phi) is 7.53. The molecule has 168 valence electrons. The molecule has 0 atom stereocenters. The maximum absolute atomic E-state index is 13.4. The minimum atomic E-state index is -3.90. The van der Waals surface area contributed by atoms with Crippen LogP contribution in [0.25, 0.3) is 0 Å². The van der Waals surface area contributed by atoms with Crippen LogP contribution in [0.3, 0.4) is 0 Å². The minimum Gasteiger partial charge on any atom is -0.373 e. The maximum Gasteiger partial charge on any atom is 0.264 e. The van der Waals surface area contributed by atoms with E-state index in [1.165, 1.54) is 4.31 Å². The topological polar surface area (TPSA) is 69.7 Å². The third kappa shape index (κ3) is 5.88. The number of likely N-dealkylation sites (N-methyl/N-ethyl adjacent to an activating group) is 1. The molecule has 0 radical (unpaired) electrons. The van der Waals surface area contributed by atoms with Gasteiger partial charge in [-0.15, -0.1) is 0 Å². The normalized spacial score (nSPS) is 11.1. The van der Waals surface area contributed by atoms with Crippen LogP contribution in [-0.2, 0) is 14.8 Å². The van der Waals surface area contributed by atoms with Gasteiger partial charge in [-0.1, -0.05) is 48.0 Å². The van der Waals surface area contributed by atoms with E-state index in [9.17, 15) is 13.2 Å². The van der Waals surface area contributed by atoms with E-state index in [1.807, 2.05) is 62.2 Å². The van der Waals surface area contributed by atoms with Crippen LogP contribution in [0.1, 0.15) is 11.1 Å². The molecule has 0 unspecified atom stereocenters. The second-order valence-electron chi connectivity index (χ2n) is 7.77. The fourth-order valence-corrected chi connectivity index (χ4v) is 4.71. The molecule has 32 heavy (non-hydrogen) atoms. The number of nitrogens with one attached hydrogen (secondary N) is 1. The second kappa shape index (κ2) is 10.3. The summed E-state index contributed by atoms with van der Waals surface area (Å²) in [6.07, 6.45) is 0. The number of carbonyl (C=O) groups is 1. The van der Waals surface area contributed by atoms with Gasteiger partial charge in [0.2, 0.25) is 5.91 Å². The van der Waals surface area contributed by atoms with Gasteiger partial charge in [-0.25, -0.2) is 8.42 Å². The fraction of sp³-hybridized carbons (Fsp3) is 0.240. The van der Waals surface area contributed by atoms with Crippen LogP contribution < -0.4 is 14.5 Å². The molecule has 0 saturated carbocycles. The third-order valence-corrected chi connectivity index (χ3v) is 6.94. The smallest absolute Gasteiger partial charge is 0.264 e. The minimum absolute atomic E-state index is 0.154. The number of anilines is 2. The zero-order valence-corrected chi connectivity index (χ0v) is 19.5. The highest BCUT2D eigenvalue weighted by Crippen LogP contribution is 2.24. The highest BCUT2D eigenvalue weighted by molar-refractivity contribution is 7.92. The van der Waals surface area contributed by atoms with E-state index in [1.54, 1.807) is 42.5 Å². The van der Waals surface area contributed by atoms with Crippen LogP contribution in [0.5, 0.6) is 0 Å². The number of benzene rings is 3. The van der Waals surface area contributed by atoms with Crippen molar-refractivity contribution in [1.29, 1.82) is 0 Å². The van der Waals surface area contributed by atoms with Crippen molar-refractivity contribution >= 4 is 27.3 Å². The van der Waals surface area contributed by atoms with E-state index >= 15 is 0 Å². The van der Waals surface area contributed by atoms with Crippen LogP contribution in [-0.4, -0.2) is 41.0 Å². The first-order valence-electron chi connectivity index (χ1n) is 10.5. The Morgan fingerprint density at radius 2 is 1.50 bits per heavy atom. The second-order valence-corrected chi connectivity index (χ2v) is 9.63. The molecule has 0 fully saturated rings. The number of carbonyl (C=O) groups excluding carboxylic acids is 1. The van der Waals surface area contributed by atoms with Gasteiger partial charge in [0.05, 0.1) is 10.6 Å². The van der Waals surface area contributed by atoms with Gasteiger partial charge in [-0.3, -0.25) is 9.10 Å². The summed E-state index contributed by atoms with van der Waals surface area (Å²) in [5, 5.41) is 2.84. The Bertz CT molecular complexity index is 1150. The van der Waals surface area contributed by atoms with Gasteiger partial charge >= 0.3 is 0 Å². The Morgan fingerprint density at radius 3 is 2.16 bits per heavy atom. The zero-order chi connectivity index (χ0) is 23.1. The van der Waals surface area contributed by atoms with Crippen molar-refractivity contribution < 1.29 is 13.2 Å². The molecule has 3 rings (SSSR count). The standard InChI is InChI=1S/C25H29N3O3S/c1-20-12-14-24(15-13-20)32(30,31)28(23-11-7-8-21(2)18-23)19-25(29)26-16-17-27(3)22-9-5-4-6-10-22/h4-15,18H,16-17,19H2,1-3H3,(H,26,29). The number of nitrogens with zero attached hydrogens (tertiary/aromatic N) is 2. The molecule has 0 aliphatic heterocycles.